The van der Waals surface area contributed by atoms with Gasteiger partial charge in [0, 0.05) is 19.4 Å². The van der Waals surface area contributed by atoms with Gasteiger partial charge < -0.3 is 20.1 Å². The second kappa shape index (κ2) is 51.4. The maximum absolute atomic E-state index is 12.7. The Morgan fingerprint density at radius 3 is 0.953 bits per heavy atom. The fourth-order valence-electron chi connectivity index (χ4n) is 8.58. The average molecular weight is 930 g/mol. The van der Waals surface area contributed by atoms with Gasteiger partial charge >= 0.3 is 19.8 Å². The van der Waals surface area contributed by atoms with Gasteiger partial charge in [-0.2, -0.15) is 0 Å². The van der Waals surface area contributed by atoms with Crippen molar-refractivity contribution in [1.29, 1.82) is 0 Å². The number of phosphoric ester groups is 1. The number of unbranched alkanes of at least 4 members (excludes halogenated alkanes) is 41. The lowest BCUT2D eigenvalue weighted by atomic mass is 10.0. The molecule has 0 bridgehead atoms. The molecule has 0 aliphatic heterocycles. The summed E-state index contributed by atoms with van der Waals surface area (Å²) in [5.74, 6) is -0.807. The van der Waals surface area contributed by atoms with Crippen LogP contribution in [0.15, 0.2) is 0 Å². The van der Waals surface area contributed by atoms with Gasteiger partial charge in [0.1, 0.15) is 6.61 Å². The zero-order valence-corrected chi connectivity index (χ0v) is 43.4. The lowest BCUT2D eigenvalue weighted by Gasteiger charge is -2.19. The minimum absolute atomic E-state index is 0.0584. The van der Waals surface area contributed by atoms with Crippen LogP contribution in [-0.4, -0.2) is 49.3 Å². The van der Waals surface area contributed by atoms with Crippen molar-refractivity contribution in [1.82, 2.24) is 0 Å². The predicted molar refractivity (Wildman–Crippen MR) is 271 cm³/mol. The number of hydrogen-bond donors (Lipinski definition) is 2. The topological polar surface area (TPSA) is 134 Å². The monoisotopic (exact) mass is 930 g/mol. The summed E-state index contributed by atoms with van der Waals surface area (Å²) in [6, 6.07) is 0. The third kappa shape index (κ3) is 50.4. The largest absolute Gasteiger partial charge is 0.472 e. The highest BCUT2D eigenvalue weighted by molar-refractivity contribution is 7.47. The number of phosphoric acid groups is 1. The van der Waals surface area contributed by atoms with Crippen LogP contribution in [0.2, 0.25) is 0 Å². The molecule has 0 heterocycles. The summed E-state index contributed by atoms with van der Waals surface area (Å²) in [6.07, 6.45) is 56.0. The predicted octanol–water partition coefficient (Wildman–Crippen LogP) is 17.1. The number of ether oxygens (including phenoxy) is 2. The third-order valence-electron chi connectivity index (χ3n) is 12.7. The van der Waals surface area contributed by atoms with Gasteiger partial charge in [-0.1, -0.05) is 277 Å². The molecule has 0 aliphatic rings. The summed E-state index contributed by atoms with van der Waals surface area (Å²) in [5.41, 5.74) is 5.37. The van der Waals surface area contributed by atoms with Gasteiger partial charge in [0.2, 0.25) is 0 Å². The molecule has 0 amide bonds. The van der Waals surface area contributed by atoms with E-state index < -0.39 is 26.5 Å². The minimum atomic E-state index is -4.37. The molecule has 2 unspecified atom stereocenters. The molecule has 0 radical (unpaired) electrons. The van der Waals surface area contributed by atoms with E-state index in [1.54, 1.807) is 0 Å². The first-order chi connectivity index (χ1) is 31.3. The zero-order valence-electron chi connectivity index (χ0n) is 42.6. The van der Waals surface area contributed by atoms with Crippen LogP contribution in [0.4, 0.5) is 0 Å². The van der Waals surface area contributed by atoms with Gasteiger partial charge in [-0.15, -0.1) is 0 Å². The van der Waals surface area contributed by atoms with Crippen LogP contribution in [0.1, 0.15) is 303 Å². The number of esters is 2. The molecule has 0 aliphatic carbocycles. The van der Waals surface area contributed by atoms with Crippen LogP contribution >= 0.6 is 7.82 Å². The van der Waals surface area contributed by atoms with E-state index in [2.05, 4.69) is 13.8 Å². The van der Waals surface area contributed by atoms with Crippen LogP contribution in [0, 0.1) is 0 Å². The zero-order chi connectivity index (χ0) is 46.7. The highest BCUT2D eigenvalue weighted by Gasteiger charge is 2.26. The Kier molecular flexibility index (Phi) is 50.6. The molecule has 0 saturated heterocycles. The van der Waals surface area contributed by atoms with Crippen molar-refractivity contribution in [2.24, 2.45) is 5.73 Å². The summed E-state index contributed by atoms with van der Waals surface area (Å²) >= 11 is 0. The minimum Gasteiger partial charge on any atom is -0.462 e. The molecule has 0 rings (SSSR count). The molecule has 0 aromatic rings. The van der Waals surface area contributed by atoms with Crippen molar-refractivity contribution in [3.8, 4) is 0 Å². The molecule has 10 heteroatoms. The molecule has 0 spiro atoms. The molecule has 0 saturated carbocycles. The fourth-order valence-corrected chi connectivity index (χ4v) is 9.35. The van der Waals surface area contributed by atoms with Gasteiger partial charge in [-0.05, 0) is 12.8 Å². The standard InChI is InChI=1S/C54H108NO8P/c1-3-5-7-9-11-13-15-17-18-19-20-21-22-23-24-25-26-27-28-29-30-31-32-33-35-37-39-41-43-45-47-54(57)63-52(51-62-64(58,59)61-49-48-55)50-60-53(56)46-44-42-40-38-36-34-16-14-12-10-8-6-4-2/h52H,3-51,55H2,1-2H3,(H,58,59). The van der Waals surface area contributed by atoms with Crippen LogP contribution < -0.4 is 5.73 Å². The molecule has 2 atom stereocenters. The van der Waals surface area contributed by atoms with Crippen molar-refractivity contribution in [2.75, 3.05) is 26.4 Å². The van der Waals surface area contributed by atoms with Crippen LogP contribution in [0.25, 0.3) is 0 Å². The van der Waals surface area contributed by atoms with Crippen molar-refractivity contribution < 1.29 is 37.6 Å². The molecule has 382 valence electrons. The van der Waals surface area contributed by atoms with Gasteiger partial charge in [0.25, 0.3) is 0 Å². The summed E-state index contributed by atoms with van der Waals surface area (Å²) in [7, 11) is -4.37. The molecule has 64 heavy (non-hydrogen) atoms. The number of hydrogen-bond acceptors (Lipinski definition) is 8. The van der Waals surface area contributed by atoms with Crippen LogP contribution in [-0.2, 0) is 32.7 Å². The number of nitrogens with two attached hydrogens (primary N) is 1. The lowest BCUT2D eigenvalue weighted by molar-refractivity contribution is -0.161. The first kappa shape index (κ1) is 63.0. The van der Waals surface area contributed by atoms with E-state index >= 15 is 0 Å². The summed E-state index contributed by atoms with van der Waals surface area (Å²) in [5, 5.41) is 0. The van der Waals surface area contributed by atoms with E-state index in [1.807, 2.05) is 0 Å². The van der Waals surface area contributed by atoms with E-state index in [0.29, 0.717) is 6.42 Å². The molecular formula is C54H108NO8P. The van der Waals surface area contributed by atoms with Gasteiger partial charge in [-0.25, -0.2) is 4.57 Å². The van der Waals surface area contributed by atoms with Crippen molar-refractivity contribution in [2.45, 2.75) is 309 Å². The maximum atomic E-state index is 12.7. The molecule has 0 aromatic heterocycles. The van der Waals surface area contributed by atoms with Crippen molar-refractivity contribution in [3.63, 3.8) is 0 Å². The maximum Gasteiger partial charge on any atom is 0.472 e. The van der Waals surface area contributed by atoms with Crippen molar-refractivity contribution >= 4 is 19.8 Å². The van der Waals surface area contributed by atoms with Crippen LogP contribution in [0.3, 0.4) is 0 Å². The molecule has 0 aromatic carbocycles. The molecule has 3 N–H and O–H groups in total. The second-order valence-corrected chi connectivity index (χ2v) is 20.6. The Morgan fingerprint density at radius 1 is 0.406 bits per heavy atom. The smallest absolute Gasteiger partial charge is 0.462 e. The molecule has 9 nitrogen and oxygen atoms in total. The summed E-state index contributed by atoms with van der Waals surface area (Å²) < 4.78 is 32.9. The van der Waals surface area contributed by atoms with E-state index in [4.69, 9.17) is 24.3 Å². The number of rotatable bonds is 54. The quantitative estimate of drug-likeness (QED) is 0.0347. The van der Waals surface area contributed by atoms with E-state index in [-0.39, 0.29) is 38.6 Å². The summed E-state index contributed by atoms with van der Waals surface area (Å²) in [6.45, 7) is 3.80. The Hall–Kier alpha value is -0.990. The third-order valence-corrected chi connectivity index (χ3v) is 13.7. The highest BCUT2D eigenvalue weighted by atomic mass is 31.2. The van der Waals surface area contributed by atoms with E-state index in [1.165, 1.54) is 238 Å². The normalized spacial score (nSPS) is 13.0. The Balaban J connectivity index is 3.82. The number of carbonyl (C=O) groups is 2. The van der Waals surface area contributed by atoms with Crippen LogP contribution in [0.5, 0.6) is 0 Å². The second-order valence-electron chi connectivity index (χ2n) is 19.2. The first-order valence-electron chi connectivity index (χ1n) is 28.0. The Morgan fingerprint density at radius 2 is 0.672 bits per heavy atom. The average Bonchev–Trinajstić information content (AvgIpc) is 3.28. The Labute approximate surface area is 397 Å². The Bertz CT molecular complexity index is 1020. The first-order valence-corrected chi connectivity index (χ1v) is 29.5. The fraction of sp³-hybridized carbons (Fsp3) is 0.963. The number of carbonyl (C=O) groups excluding carboxylic acids is 2. The van der Waals surface area contributed by atoms with E-state index in [0.717, 1.165) is 32.1 Å². The van der Waals surface area contributed by atoms with Gasteiger partial charge in [0.05, 0.1) is 13.2 Å². The van der Waals surface area contributed by atoms with E-state index in [9.17, 15) is 19.0 Å². The SMILES string of the molecule is CCCCCCCCCCCCCCCCCCCCCCCCCCCCCCCCC(=O)OC(COC(=O)CCCCCCCCCCCCCCC)COP(=O)(O)OCCN. The molecular weight excluding hydrogens is 822 g/mol. The van der Waals surface area contributed by atoms with Gasteiger partial charge in [-0.3, -0.25) is 18.6 Å². The lowest BCUT2D eigenvalue weighted by Crippen LogP contribution is -2.29. The molecule has 0 fully saturated rings. The highest BCUT2D eigenvalue weighted by Crippen LogP contribution is 2.43. The van der Waals surface area contributed by atoms with Crippen molar-refractivity contribution in [3.05, 3.63) is 0 Å². The summed E-state index contributed by atoms with van der Waals surface area (Å²) in [4.78, 5) is 35.0. The van der Waals surface area contributed by atoms with Gasteiger partial charge in [0.15, 0.2) is 6.10 Å².